The molecule has 1 aliphatic carbocycles. The predicted molar refractivity (Wildman–Crippen MR) is 68.1 cm³/mol. The van der Waals surface area contributed by atoms with Crippen LogP contribution in [0.25, 0.3) is 5.69 Å². The molecule has 3 rings (SSSR count). The summed E-state index contributed by atoms with van der Waals surface area (Å²) in [4.78, 5) is 6.49. The van der Waals surface area contributed by atoms with Crippen molar-refractivity contribution in [3.8, 4) is 5.69 Å². The molecule has 0 unspecified atom stereocenters. The van der Waals surface area contributed by atoms with Crippen molar-refractivity contribution in [2.75, 3.05) is 7.05 Å². The zero-order valence-electron chi connectivity index (χ0n) is 10.1. The van der Waals surface area contributed by atoms with Gasteiger partial charge in [-0.15, -0.1) is 0 Å². The van der Waals surface area contributed by atoms with E-state index in [4.69, 9.17) is 0 Å². The monoisotopic (exact) mass is 227 g/mol. The quantitative estimate of drug-likeness (QED) is 0.800. The average molecular weight is 227 g/mol. The molecule has 3 heteroatoms. The fourth-order valence-corrected chi connectivity index (χ4v) is 2.12. The van der Waals surface area contributed by atoms with Gasteiger partial charge in [-0.3, -0.25) is 4.90 Å². The molecule has 0 bridgehead atoms. The maximum Gasteiger partial charge on any atom is 0.0991 e. The van der Waals surface area contributed by atoms with Crippen LogP contribution in [0.15, 0.2) is 43.0 Å². The maximum absolute atomic E-state index is 4.06. The molecule has 1 fully saturated rings. The fourth-order valence-electron chi connectivity index (χ4n) is 2.12. The molecule has 1 aromatic heterocycles. The van der Waals surface area contributed by atoms with Gasteiger partial charge in [-0.25, -0.2) is 4.98 Å². The topological polar surface area (TPSA) is 21.1 Å². The van der Waals surface area contributed by atoms with Crippen LogP contribution in [0.1, 0.15) is 18.4 Å². The van der Waals surface area contributed by atoms with Crippen molar-refractivity contribution >= 4 is 0 Å². The molecule has 0 N–H and O–H groups in total. The summed E-state index contributed by atoms with van der Waals surface area (Å²) in [6.07, 6.45) is 8.32. The summed E-state index contributed by atoms with van der Waals surface area (Å²) in [6.45, 7) is 1.05. The van der Waals surface area contributed by atoms with E-state index in [0.717, 1.165) is 12.6 Å². The Morgan fingerprint density at radius 1 is 1.29 bits per heavy atom. The lowest BCUT2D eigenvalue weighted by Gasteiger charge is -2.15. The van der Waals surface area contributed by atoms with Gasteiger partial charge in [-0.1, -0.05) is 12.1 Å². The third-order valence-electron chi connectivity index (χ3n) is 3.34. The van der Waals surface area contributed by atoms with Gasteiger partial charge in [0.15, 0.2) is 0 Å². The molecule has 0 aliphatic heterocycles. The van der Waals surface area contributed by atoms with E-state index in [2.05, 4.69) is 41.2 Å². The molecule has 88 valence electrons. The van der Waals surface area contributed by atoms with Crippen molar-refractivity contribution in [2.24, 2.45) is 0 Å². The Bertz CT molecular complexity index is 469. The highest BCUT2D eigenvalue weighted by atomic mass is 15.1. The number of benzene rings is 1. The van der Waals surface area contributed by atoms with Gasteiger partial charge >= 0.3 is 0 Å². The SMILES string of the molecule is CN(Cc1ccc(-n2ccnc2)cc1)C1CC1. The van der Waals surface area contributed by atoms with E-state index in [1.54, 1.807) is 6.20 Å². The largest absolute Gasteiger partial charge is 0.306 e. The average Bonchev–Trinajstić information content (AvgIpc) is 3.07. The van der Waals surface area contributed by atoms with E-state index in [-0.39, 0.29) is 0 Å². The first-order chi connectivity index (χ1) is 8.33. The maximum atomic E-state index is 4.06. The highest BCUT2D eigenvalue weighted by Gasteiger charge is 2.25. The van der Waals surface area contributed by atoms with E-state index in [9.17, 15) is 0 Å². The molecule has 1 aromatic carbocycles. The lowest BCUT2D eigenvalue weighted by molar-refractivity contribution is 0.316. The van der Waals surface area contributed by atoms with Gasteiger partial charge in [0.1, 0.15) is 0 Å². The second kappa shape index (κ2) is 4.34. The van der Waals surface area contributed by atoms with Crippen LogP contribution < -0.4 is 0 Å². The fraction of sp³-hybridized carbons (Fsp3) is 0.357. The zero-order chi connectivity index (χ0) is 11.7. The van der Waals surface area contributed by atoms with Crippen molar-refractivity contribution < 1.29 is 0 Å². The molecule has 1 heterocycles. The second-order valence-corrected chi connectivity index (χ2v) is 4.78. The van der Waals surface area contributed by atoms with Crippen LogP contribution >= 0.6 is 0 Å². The first kappa shape index (κ1) is 10.5. The standard InChI is InChI=1S/C14H17N3/c1-16(13-6-7-13)10-12-2-4-14(5-3-12)17-9-8-15-11-17/h2-5,8-9,11,13H,6-7,10H2,1H3. The lowest BCUT2D eigenvalue weighted by atomic mass is 10.2. The highest BCUT2D eigenvalue weighted by Crippen LogP contribution is 2.26. The minimum absolute atomic E-state index is 0.823. The third-order valence-corrected chi connectivity index (χ3v) is 3.34. The molecule has 17 heavy (non-hydrogen) atoms. The van der Waals surface area contributed by atoms with Crippen LogP contribution in [0.3, 0.4) is 0 Å². The summed E-state index contributed by atoms with van der Waals surface area (Å²) < 4.78 is 2.02. The molecule has 0 radical (unpaired) electrons. The number of nitrogens with zero attached hydrogens (tertiary/aromatic N) is 3. The summed E-state index contributed by atoms with van der Waals surface area (Å²) in [5.41, 5.74) is 2.54. The number of aromatic nitrogens is 2. The molecule has 0 amide bonds. The van der Waals surface area contributed by atoms with Gasteiger partial charge < -0.3 is 4.57 Å². The Morgan fingerprint density at radius 3 is 2.65 bits per heavy atom. The first-order valence-electron chi connectivity index (χ1n) is 6.10. The second-order valence-electron chi connectivity index (χ2n) is 4.78. The van der Waals surface area contributed by atoms with Gasteiger partial charge in [0.25, 0.3) is 0 Å². The van der Waals surface area contributed by atoms with Gasteiger partial charge in [0.05, 0.1) is 6.33 Å². The Hall–Kier alpha value is -1.61. The molecular formula is C14H17N3. The van der Waals surface area contributed by atoms with Crippen LogP contribution in [0.4, 0.5) is 0 Å². The van der Waals surface area contributed by atoms with E-state index in [1.165, 1.54) is 24.1 Å². The Morgan fingerprint density at radius 2 is 2.06 bits per heavy atom. The summed E-state index contributed by atoms with van der Waals surface area (Å²) >= 11 is 0. The van der Waals surface area contributed by atoms with Crippen LogP contribution in [-0.4, -0.2) is 27.5 Å². The molecule has 1 saturated carbocycles. The Labute approximate surface area is 102 Å². The van der Waals surface area contributed by atoms with E-state index in [0.29, 0.717) is 0 Å². The number of rotatable bonds is 4. The Balaban J connectivity index is 1.71. The van der Waals surface area contributed by atoms with Crippen LogP contribution in [0, 0.1) is 0 Å². The minimum Gasteiger partial charge on any atom is -0.306 e. The zero-order valence-corrected chi connectivity index (χ0v) is 10.1. The summed E-state index contributed by atoms with van der Waals surface area (Å²) in [6, 6.07) is 9.53. The van der Waals surface area contributed by atoms with Crippen LogP contribution in [0.2, 0.25) is 0 Å². The molecule has 1 aliphatic rings. The van der Waals surface area contributed by atoms with Crippen molar-refractivity contribution in [1.29, 1.82) is 0 Å². The summed E-state index contributed by atoms with van der Waals surface area (Å²) in [7, 11) is 2.21. The normalized spacial score (nSPS) is 15.4. The van der Waals surface area contributed by atoms with E-state index in [1.807, 2.05) is 17.1 Å². The van der Waals surface area contributed by atoms with Gasteiger partial charge in [-0.05, 0) is 37.6 Å². The smallest absolute Gasteiger partial charge is 0.0991 e. The van der Waals surface area contributed by atoms with Crippen LogP contribution in [0.5, 0.6) is 0 Å². The van der Waals surface area contributed by atoms with Crippen molar-refractivity contribution in [3.63, 3.8) is 0 Å². The summed E-state index contributed by atoms with van der Waals surface area (Å²) in [5, 5.41) is 0. The number of imidazole rings is 1. The van der Waals surface area contributed by atoms with Crippen molar-refractivity contribution in [2.45, 2.75) is 25.4 Å². The first-order valence-corrected chi connectivity index (χ1v) is 6.10. The molecular weight excluding hydrogens is 210 g/mol. The highest BCUT2D eigenvalue weighted by molar-refractivity contribution is 5.34. The molecule has 0 saturated heterocycles. The van der Waals surface area contributed by atoms with Crippen LogP contribution in [-0.2, 0) is 6.54 Å². The predicted octanol–water partition coefficient (Wildman–Crippen LogP) is 2.47. The van der Waals surface area contributed by atoms with Crippen molar-refractivity contribution in [1.82, 2.24) is 14.5 Å². The van der Waals surface area contributed by atoms with Gasteiger partial charge in [0, 0.05) is 30.7 Å². The Kier molecular flexibility index (Phi) is 2.69. The lowest BCUT2D eigenvalue weighted by Crippen LogP contribution is -2.19. The van der Waals surface area contributed by atoms with Gasteiger partial charge in [0.2, 0.25) is 0 Å². The molecule has 2 aromatic rings. The molecule has 3 nitrogen and oxygen atoms in total. The molecule has 0 atom stereocenters. The van der Waals surface area contributed by atoms with Gasteiger partial charge in [-0.2, -0.15) is 0 Å². The molecule has 0 spiro atoms. The third kappa shape index (κ3) is 2.39. The number of hydrogen-bond donors (Lipinski definition) is 0. The number of hydrogen-bond acceptors (Lipinski definition) is 2. The van der Waals surface area contributed by atoms with Crippen molar-refractivity contribution in [3.05, 3.63) is 48.5 Å². The van der Waals surface area contributed by atoms with E-state index >= 15 is 0 Å². The van der Waals surface area contributed by atoms with E-state index < -0.39 is 0 Å². The summed E-state index contributed by atoms with van der Waals surface area (Å²) in [5.74, 6) is 0. The minimum atomic E-state index is 0.823.